The minimum absolute atomic E-state index is 0.00491. The molecule has 0 atom stereocenters. The molecule has 0 radical (unpaired) electrons. The van der Waals surface area contributed by atoms with Crippen molar-refractivity contribution in [2.45, 2.75) is 11.8 Å². The number of nitrogens with zero attached hydrogens (tertiary/aromatic N) is 4. The van der Waals surface area contributed by atoms with Crippen molar-refractivity contribution in [3.63, 3.8) is 0 Å². The largest absolute Gasteiger partial charge is 0.495 e. The van der Waals surface area contributed by atoms with Gasteiger partial charge in [-0.3, -0.25) is 19.5 Å². The van der Waals surface area contributed by atoms with Crippen molar-refractivity contribution in [1.82, 2.24) is 14.8 Å². The number of non-ortho nitro benzene ring substituents is 1. The standard InChI is InChI=1S/C15H15N5O5S/c1-9-12-6-10(8-16-15(12)19(2)17-9)18-26(23,24)14-7-11(20(21)22)4-5-13(14)25-3/h4-8,18H,1-3H3. The number of nitrogens with one attached hydrogen (secondary N) is 1. The second kappa shape index (κ2) is 6.26. The van der Waals surface area contributed by atoms with Gasteiger partial charge >= 0.3 is 0 Å². The summed E-state index contributed by atoms with van der Waals surface area (Å²) in [5.74, 6) is -0.00491. The van der Waals surface area contributed by atoms with Gasteiger partial charge < -0.3 is 4.74 Å². The molecule has 0 saturated carbocycles. The van der Waals surface area contributed by atoms with E-state index in [4.69, 9.17) is 4.74 Å². The Bertz CT molecular complexity index is 1120. The molecule has 136 valence electrons. The second-order valence-electron chi connectivity index (χ2n) is 5.50. The molecular formula is C15H15N5O5S. The summed E-state index contributed by atoms with van der Waals surface area (Å²) in [4.78, 5) is 14.1. The van der Waals surface area contributed by atoms with Gasteiger partial charge in [-0.05, 0) is 19.1 Å². The summed E-state index contributed by atoms with van der Waals surface area (Å²) in [6.45, 7) is 1.78. The maximum Gasteiger partial charge on any atom is 0.271 e. The van der Waals surface area contributed by atoms with Crippen molar-refractivity contribution in [3.05, 3.63) is 46.3 Å². The molecule has 2 heterocycles. The maximum absolute atomic E-state index is 12.7. The van der Waals surface area contributed by atoms with Crippen LogP contribution in [-0.2, 0) is 17.1 Å². The number of sulfonamides is 1. The van der Waals surface area contributed by atoms with Crippen LogP contribution in [0.5, 0.6) is 5.75 Å². The van der Waals surface area contributed by atoms with Crippen LogP contribution in [0.4, 0.5) is 11.4 Å². The summed E-state index contributed by atoms with van der Waals surface area (Å²) in [7, 11) is -1.11. The molecule has 0 fully saturated rings. The molecule has 3 rings (SSSR count). The normalized spacial score (nSPS) is 11.5. The van der Waals surface area contributed by atoms with Crippen molar-refractivity contribution >= 4 is 32.4 Å². The molecule has 26 heavy (non-hydrogen) atoms. The van der Waals surface area contributed by atoms with Gasteiger partial charge in [0.25, 0.3) is 15.7 Å². The van der Waals surface area contributed by atoms with E-state index in [2.05, 4.69) is 14.8 Å². The van der Waals surface area contributed by atoms with Gasteiger partial charge in [0.15, 0.2) is 5.65 Å². The summed E-state index contributed by atoms with van der Waals surface area (Å²) in [5, 5.41) is 15.9. The van der Waals surface area contributed by atoms with Gasteiger partial charge in [-0.1, -0.05) is 0 Å². The third-order valence-electron chi connectivity index (χ3n) is 3.76. The second-order valence-corrected chi connectivity index (χ2v) is 7.15. The third kappa shape index (κ3) is 3.04. The molecule has 0 unspecified atom stereocenters. The molecule has 1 aromatic carbocycles. The van der Waals surface area contributed by atoms with Crippen molar-refractivity contribution in [2.75, 3.05) is 11.8 Å². The number of fused-ring (bicyclic) bond motifs is 1. The third-order valence-corrected chi connectivity index (χ3v) is 5.17. The van der Waals surface area contributed by atoms with Crippen LogP contribution in [0.15, 0.2) is 35.4 Å². The summed E-state index contributed by atoms with van der Waals surface area (Å²) in [6, 6.07) is 4.96. The lowest BCUT2D eigenvalue weighted by atomic mass is 10.3. The first-order valence-electron chi connectivity index (χ1n) is 7.37. The number of aromatic nitrogens is 3. The molecule has 0 spiro atoms. The molecule has 0 aliphatic rings. The van der Waals surface area contributed by atoms with Crippen LogP contribution in [0.25, 0.3) is 11.0 Å². The van der Waals surface area contributed by atoms with Crippen LogP contribution in [0.3, 0.4) is 0 Å². The molecule has 1 N–H and O–H groups in total. The van der Waals surface area contributed by atoms with Crippen LogP contribution >= 0.6 is 0 Å². The smallest absolute Gasteiger partial charge is 0.271 e. The average Bonchev–Trinajstić information content (AvgIpc) is 2.87. The van der Waals surface area contributed by atoms with Gasteiger partial charge in [-0.15, -0.1) is 0 Å². The van der Waals surface area contributed by atoms with E-state index < -0.39 is 14.9 Å². The zero-order chi connectivity index (χ0) is 19.1. The lowest BCUT2D eigenvalue weighted by Crippen LogP contribution is -2.14. The van der Waals surface area contributed by atoms with Gasteiger partial charge in [0.2, 0.25) is 0 Å². The fourth-order valence-corrected chi connectivity index (χ4v) is 3.79. The SMILES string of the molecule is COc1ccc([N+](=O)[O-])cc1S(=O)(=O)Nc1cnc2c(c1)c(C)nn2C. The Kier molecular flexibility index (Phi) is 4.24. The minimum Gasteiger partial charge on any atom is -0.495 e. The summed E-state index contributed by atoms with van der Waals surface area (Å²) >= 11 is 0. The summed E-state index contributed by atoms with van der Waals surface area (Å²) < 4.78 is 34.4. The highest BCUT2D eigenvalue weighted by molar-refractivity contribution is 7.92. The highest BCUT2D eigenvalue weighted by Gasteiger charge is 2.23. The van der Waals surface area contributed by atoms with E-state index in [-0.39, 0.29) is 22.0 Å². The van der Waals surface area contributed by atoms with Crippen LogP contribution in [-0.4, -0.2) is 35.2 Å². The number of anilines is 1. The van der Waals surface area contributed by atoms with Crippen molar-refractivity contribution in [1.29, 1.82) is 0 Å². The minimum atomic E-state index is -4.13. The molecule has 2 aromatic heterocycles. The fourth-order valence-electron chi connectivity index (χ4n) is 2.56. The Morgan fingerprint density at radius 3 is 2.69 bits per heavy atom. The van der Waals surface area contributed by atoms with Crippen molar-refractivity contribution in [2.24, 2.45) is 7.05 Å². The van der Waals surface area contributed by atoms with Crippen molar-refractivity contribution < 1.29 is 18.1 Å². The zero-order valence-corrected chi connectivity index (χ0v) is 14.9. The molecule has 0 amide bonds. The molecular weight excluding hydrogens is 362 g/mol. The maximum atomic E-state index is 12.7. The van der Waals surface area contributed by atoms with Gasteiger partial charge in [0, 0.05) is 24.6 Å². The number of hydrogen-bond donors (Lipinski definition) is 1. The molecule has 3 aromatic rings. The number of rotatable bonds is 5. The van der Waals surface area contributed by atoms with E-state index in [1.807, 2.05) is 0 Å². The lowest BCUT2D eigenvalue weighted by molar-refractivity contribution is -0.385. The molecule has 0 aliphatic heterocycles. The molecule has 0 aliphatic carbocycles. The monoisotopic (exact) mass is 377 g/mol. The number of ether oxygens (including phenoxy) is 1. The van der Waals surface area contributed by atoms with Gasteiger partial charge in [0.1, 0.15) is 10.6 Å². The Morgan fingerprint density at radius 1 is 1.31 bits per heavy atom. The van der Waals surface area contributed by atoms with Gasteiger partial charge in [-0.2, -0.15) is 5.10 Å². The van der Waals surface area contributed by atoms with E-state index in [0.29, 0.717) is 16.7 Å². The molecule has 11 heteroatoms. The average molecular weight is 377 g/mol. The summed E-state index contributed by atoms with van der Waals surface area (Å²) in [5.41, 5.74) is 1.16. The lowest BCUT2D eigenvalue weighted by Gasteiger charge is -2.11. The Morgan fingerprint density at radius 2 is 2.04 bits per heavy atom. The predicted octanol–water partition coefficient (Wildman–Crippen LogP) is 1.99. The zero-order valence-electron chi connectivity index (χ0n) is 14.1. The highest BCUT2D eigenvalue weighted by atomic mass is 32.2. The Hall–Kier alpha value is -3.21. The number of nitro benzene ring substituents is 1. The number of nitro groups is 1. The number of benzene rings is 1. The first-order chi connectivity index (χ1) is 12.2. The molecule has 10 nitrogen and oxygen atoms in total. The quantitative estimate of drug-likeness (QED) is 0.531. The van der Waals surface area contributed by atoms with E-state index in [0.717, 1.165) is 6.07 Å². The first-order valence-corrected chi connectivity index (χ1v) is 8.86. The van der Waals surface area contributed by atoms with Crippen LogP contribution in [0, 0.1) is 17.0 Å². The Labute approximate surface area is 148 Å². The predicted molar refractivity (Wildman–Crippen MR) is 93.7 cm³/mol. The molecule has 0 bridgehead atoms. The number of pyridine rings is 1. The van der Waals surface area contributed by atoms with E-state index in [1.54, 1.807) is 24.7 Å². The number of aryl methyl sites for hydroxylation is 2. The van der Waals surface area contributed by atoms with E-state index in [9.17, 15) is 18.5 Å². The topological polar surface area (TPSA) is 129 Å². The van der Waals surface area contributed by atoms with Gasteiger partial charge in [0.05, 0.1) is 29.6 Å². The highest BCUT2D eigenvalue weighted by Crippen LogP contribution is 2.30. The summed E-state index contributed by atoms with van der Waals surface area (Å²) in [6.07, 6.45) is 1.35. The van der Waals surface area contributed by atoms with E-state index >= 15 is 0 Å². The number of methoxy groups -OCH3 is 1. The Balaban J connectivity index is 2.05. The fraction of sp³-hybridized carbons (Fsp3) is 0.200. The van der Waals surface area contributed by atoms with Crippen LogP contribution < -0.4 is 9.46 Å². The van der Waals surface area contributed by atoms with Crippen molar-refractivity contribution in [3.8, 4) is 5.75 Å². The first kappa shape index (κ1) is 17.6. The number of hydrogen-bond acceptors (Lipinski definition) is 7. The van der Waals surface area contributed by atoms with E-state index in [1.165, 1.54) is 25.4 Å². The van der Waals surface area contributed by atoms with Gasteiger partial charge in [-0.25, -0.2) is 13.4 Å². The molecule has 0 saturated heterocycles. The van der Waals surface area contributed by atoms with Crippen LogP contribution in [0.2, 0.25) is 0 Å². The van der Waals surface area contributed by atoms with Crippen LogP contribution in [0.1, 0.15) is 5.69 Å².